The molecule has 0 amide bonds. The zero-order valence-corrected chi connectivity index (χ0v) is 16.1. The number of esters is 1. The second kappa shape index (κ2) is 7.61. The van der Waals surface area contributed by atoms with Gasteiger partial charge in [-0.3, -0.25) is 4.79 Å². The predicted octanol–water partition coefficient (Wildman–Crippen LogP) is 5.53. The summed E-state index contributed by atoms with van der Waals surface area (Å²) in [4.78, 5) is 12.3. The molecule has 3 nitrogen and oxygen atoms in total. The summed E-state index contributed by atoms with van der Waals surface area (Å²) in [6, 6.07) is 18.3. The van der Waals surface area contributed by atoms with E-state index in [4.69, 9.17) is 16.3 Å². The minimum Gasteiger partial charge on any atom is -0.466 e. The number of benzene rings is 2. The first-order valence-electron chi connectivity index (χ1n) is 9.40. The number of hydrogen-bond donors (Lipinski definition) is 0. The lowest BCUT2D eigenvalue weighted by Crippen LogP contribution is -2.12. The minimum atomic E-state index is -0.181. The lowest BCUT2D eigenvalue weighted by molar-refractivity contribution is -0.142. The second-order valence-electron chi connectivity index (χ2n) is 6.75. The molecule has 1 aliphatic heterocycles. The zero-order chi connectivity index (χ0) is 18.8. The van der Waals surface area contributed by atoms with E-state index < -0.39 is 0 Å². The van der Waals surface area contributed by atoms with E-state index in [0.29, 0.717) is 11.6 Å². The van der Waals surface area contributed by atoms with E-state index in [0.717, 1.165) is 36.2 Å². The first-order valence-corrected chi connectivity index (χ1v) is 9.78. The Morgan fingerprint density at radius 3 is 2.44 bits per heavy atom. The molecule has 2 heterocycles. The van der Waals surface area contributed by atoms with Gasteiger partial charge < -0.3 is 9.30 Å². The number of aromatic nitrogens is 1. The van der Waals surface area contributed by atoms with Gasteiger partial charge in [-0.05, 0) is 43.0 Å². The van der Waals surface area contributed by atoms with Crippen LogP contribution in [-0.2, 0) is 28.9 Å². The molecule has 0 atom stereocenters. The summed E-state index contributed by atoms with van der Waals surface area (Å²) in [7, 11) is 0. The van der Waals surface area contributed by atoms with Gasteiger partial charge in [0.1, 0.15) is 0 Å². The summed E-state index contributed by atoms with van der Waals surface area (Å²) >= 11 is 6.12. The van der Waals surface area contributed by atoms with Crippen molar-refractivity contribution >= 4 is 17.6 Å². The lowest BCUT2D eigenvalue weighted by atomic mass is 9.93. The van der Waals surface area contributed by atoms with Crippen molar-refractivity contribution in [1.82, 2.24) is 4.57 Å². The van der Waals surface area contributed by atoms with E-state index in [9.17, 15) is 4.79 Å². The summed E-state index contributed by atoms with van der Waals surface area (Å²) in [5, 5.41) is 0.707. The van der Waals surface area contributed by atoms with Crippen LogP contribution in [0, 0.1) is 0 Å². The van der Waals surface area contributed by atoms with Crippen LogP contribution in [0.2, 0.25) is 5.02 Å². The first-order chi connectivity index (χ1) is 13.2. The minimum absolute atomic E-state index is 0.181. The van der Waals surface area contributed by atoms with Crippen molar-refractivity contribution in [1.29, 1.82) is 0 Å². The number of ether oxygens (including phenoxy) is 1. The van der Waals surface area contributed by atoms with E-state index in [-0.39, 0.29) is 12.4 Å². The highest BCUT2D eigenvalue weighted by molar-refractivity contribution is 6.30. The molecule has 3 aromatic rings. The van der Waals surface area contributed by atoms with Crippen molar-refractivity contribution in [2.75, 3.05) is 6.61 Å². The predicted molar refractivity (Wildman–Crippen MR) is 109 cm³/mol. The molecule has 138 valence electrons. The van der Waals surface area contributed by atoms with Gasteiger partial charge in [0.2, 0.25) is 0 Å². The Morgan fingerprint density at radius 1 is 1.04 bits per heavy atom. The number of carbonyl (C=O) groups is 1. The smallest absolute Gasteiger partial charge is 0.311 e. The highest BCUT2D eigenvalue weighted by Gasteiger charge is 2.28. The molecule has 4 rings (SSSR count). The molecule has 1 aromatic heterocycles. The van der Waals surface area contributed by atoms with Crippen molar-refractivity contribution in [2.45, 2.75) is 32.7 Å². The zero-order valence-electron chi connectivity index (χ0n) is 15.4. The van der Waals surface area contributed by atoms with Crippen molar-refractivity contribution in [3.63, 3.8) is 0 Å². The summed E-state index contributed by atoms with van der Waals surface area (Å²) in [5.41, 5.74) is 6.98. The maximum Gasteiger partial charge on any atom is 0.311 e. The summed E-state index contributed by atoms with van der Waals surface area (Å²) < 4.78 is 7.58. The largest absolute Gasteiger partial charge is 0.466 e. The molecular formula is C23H22ClNO2. The molecule has 27 heavy (non-hydrogen) atoms. The van der Waals surface area contributed by atoms with Crippen LogP contribution >= 0.6 is 11.6 Å². The van der Waals surface area contributed by atoms with Gasteiger partial charge in [-0.15, -0.1) is 0 Å². The highest BCUT2D eigenvalue weighted by atomic mass is 35.5. The van der Waals surface area contributed by atoms with Crippen LogP contribution < -0.4 is 0 Å². The number of nitrogens with zero attached hydrogens (tertiary/aromatic N) is 1. The Bertz CT molecular complexity index is 958. The Morgan fingerprint density at radius 2 is 1.74 bits per heavy atom. The van der Waals surface area contributed by atoms with Gasteiger partial charge in [-0.1, -0.05) is 54.1 Å². The van der Waals surface area contributed by atoms with Gasteiger partial charge in [0, 0.05) is 34.1 Å². The molecule has 0 fully saturated rings. The lowest BCUT2D eigenvalue weighted by Gasteiger charge is -2.11. The molecule has 0 radical (unpaired) electrons. The van der Waals surface area contributed by atoms with Crippen molar-refractivity contribution in [2.24, 2.45) is 0 Å². The fraction of sp³-hybridized carbons (Fsp3) is 0.261. The average Bonchev–Trinajstić information content (AvgIpc) is 3.25. The van der Waals surface area contributed by atoms with E-state index in [1.165, 1.54) is 16.8 Å². The third-order valence-corrected chi connectivity index (χ3v) is 5.34. The number of carbonyl (C=O) groups excluding carboxylic acids is 1. The third-order valence-electron chi connectivity index (χ3n) is 5.09. The number of halogens is 1. The fourth-order valence-electron chi connectivity index (χ4n) is 4.03. The summed E-state index contributed by atoms with van der Waals surface area (Å²) in [6.45, 7) is 3.18. The Labute approximate surface area is 164 Å². The van der Waals surface area contributed by atoms with Crippen LogP contribution in [0.15, 0.2) is 54.6 Å². The van der Waals surface area contributed by atoms with Gasteiger partial charge in [0.15, 0.2) is 0 Å². The Kier molecular flexibility index (Phi) is 5.04. The molecule has 0 N–H and O–H groups in total. The van der Waals surface area contributed by atoms with Gasteiger partial charge in [-0.25, -0.2) is 0 Å². The van der Waals surface area contributed by atoms with Crippen LogP contribution in [0.25, 0.3) is 22.3 Å². The Balaban J connectivity index is 1.95. The molecule has 0 saturated carbocycles. The summed E-state index contributed by atoms with van der Waals surface area (Å²) in [6.07, 6.45) is 2.41. The number of hydrogen-bond acceptors (Lipinski definition) is 2. The van der Waals surface area contributed by atoms with Crippen LogP contribution in [-0.4, -0.2) is 17.1 Å². The molecule has 0 spiro atoms. The van der Waals surface area contributed by atoms with Gasteiger partial charge in [0.25, 0.3) is 0 Å². The van der Waals surface area contributed by atoms with E-state index in [1.807, 2.05) is 37.3 Å². The van der Waals surface area contributed by atoms with Gasteiger partial charge in [0.05, 0.1) is 13.0 Å². The quantitative estimate of drug-likeness (QED) is 0.546. The molecule has 2 aromatic carbocycles. The molecule has 1 aliphatic rings. The fourth-order valence-corrected chi connectivity index (χ4v) is 4.16. The molecular weight excluding hydrogens is 358 g/mol. The van der Waals surface area contributed by atoms with Gasteiger partial charge >= 0.3 is 5.97 Å². The van der Waals surface area contributed by atoms with Crippen LogP contribution in [0.5, 0.6) is 0 Å². The van der Waals surface area contributed by atoms with E-state index in [2.05, 4.69) is 28.8 Å². The van der Waals surface area contributed by atoms with E-state index in [1.54, 1.807) is 0 Å². The number of fused-ring (bicyclic) bond motifs is 1. The summed E-state index contributed by atoms with van der Waals surface area (Å²) in [5.74, 6) is -0.181. The SMILES string of the molecule is CCOC(=O)Cc1c(-c2ccc(Cl)cc2)c(-c2ccccc2)c2n1CCC2. The van der Waals surface area contributed by atoms with Crippen molar-refractivity contribution in [3.8, 4) is 22.3 Å². The molecule has 0 bridgehead atoms. The first kappa shape index (κ1) is 17.9. The topological polar surface area (TPSA) is 31.2 Å². The van der Waals surface area contributed by atoms with Crippen molar-refractivity contribution < 1.29 is 9.53 Å². The standard InChI is InChI=1S/C23H22ClNO2/c1-2-27-21(26)15-20-23(17-10-12-18(24)13-11-17)22(16-7-4-3-5-8-16)19-9-6-14-25(19)20/h3-5,7-8,10-13H,2,6,9,14-15H2,1H3. The maximum atomic E-state index is 12.3. The van der Waals surface area contributed by atoms with Gasteiger partial charge in [-0.2, -0.15) is 0 Å². The van der Waals surface area contributed by atoms with Crippen LogP contribution in [0.3, 0.4) is 0 Å². The van der Waals surface area contributed by atoms with Crippen LogP contribution in [0.4, 0.5) is 0 Å². The number of rotatable bonds is 5. The normalized spacial score (nSPS) is 12.8. The Hall–Kier alpha value is -2.52. The molecule has 0 unspecified atom stereocenters. The third kappa shape index (κ3) is 3.40. The van der Waals surface area contributed by atoms with Crippen LogP contribution in [0.1, 0.15) is 24.7 Å². The molecule has 4 heteroatoms. The monoisotopic (exact) mass is 379 g/mol. The maximum absolute atomic E-state index is 12.3. The average molecular weight is 380 g/mol. The van der Waals surface area contributed by atoms with E-state index >= 15 is 0 Å². The van der Waals surface area contributed by atoms with Crippen molar-refractivity contribution in [3.05, 3.63) is 71.0 Å². The second-order valence-corrected chi connectivity index (χ2v) is 7.19. The highest BCUT2D eigenvalue weighted by Crippen LogP contribution is 2.43. The molecule has 0 aliphatic carbocycles. The molecule has 0 saturated heterocycles.